The summed E-state index contributed by atoms with van der Waals surface area (Å²) in [6.45, 7) is 3.30. The van der Waals surface area contributed by atoms with Crippen molar-refractivity contribution < 1.29 is 13.3 Å². The van der Waals surface area contributed by atoms with Gasteiger partial charge in [-0.15, -0.1) is 0 Å². The first-order valence-corrected chi connectivity index (χ1v) is 9.02. The maximum Gasteiger partial charge on any atom is 0.273 e. The number of aromatic amines is 1. The van der Waals surface area contributed by atoms with Crippen LogP contribution in [-0.4, -0.2) is 28.5 Å². The Labute approximate surface area is 149 Å². The predicted octanol–water partition coefficient (Wildman–Crippen LogP) is 2.80. The molecule has 0 saturated heterocycles. The van der Waals surface area contributed by atoms with Crippen LogP contribution in [0, 0.1) is 24.0 Å². The van der Waals surface area contributed by atoms with Crippen LogP contribution >= 0.6 is 0 Å². The molecular formula is C16H15N5O4S. The lowest BCUT2D eigenvalue weighted by atomic mass is 10.2. The highest BCUT2D eigenvalue weighted by atomic mass is 32.2. The molecule has 1 heterocycles. The lowest BCUT2D eigenvalue weighted by Gasteiger charge is -2.09. The highest BCUT2D eigenvalue weighted by Gasteiger charge is 2.20. The summed E-state index contributed by atoms with van der Waals surface area (Å²) >= 11 is 0. The monoisotopic (exact) mass is 373 g/mol. The van der Waals surface area contributed by atoms with Crippen LogP contribution in [0.25, 0.3) is 11.4 Å². The number of hydrogen-bond donors (Lipinski definition) is 2. The van der Waals surface area contributed by atoms with E-state index in [9.17, 15) is 18.5 Å². The fourth-order valence-corrected chi connectivity index (χ4v) is 3.43. The molecule has 2 aromatic carbocycles. The first kappa shape index (κ1) is 17.5. The number of rotatable bonds is 5. The number of hydrogen-bond acceptors (Lipinski definition) is 6. The van der Waals surface area contributed by atoms with Crippen molar-refractivity contribution in [1.29, 1.82) is 0 Å². The Kier molecular flexibility index (Phi) is 4.43. The van der Waals surface area contributed by atoms with E-state index in [2.05, 4.69) is 19.9 Å². The summed E-state index contributed by atoms with van der Waals surface area (Å²) in [5.74, 6) is 1.08. The Balaban J connectivity index is 1.93. The maximum atomic E-state index is 12.6. The number of nitro groups is 1. The smallest absolute Gasteiger partial charge is 0.273 e. The minimum absolute atomic E-state index is 0.186. The van der Waals surface area contributed by atoms with Gasteiger partial charge >= 0.3 is 0 Å². The van der Waals surface area contributed by atoms with Crippen LogP contribution in [0.2, 0.25) is 0 Å². The summed E-state index contributed by atoms with van der Waals surface area (Å²) in [5.41, 5.74) is 1.06. The predicted molar refractivity (Wildman–Crippen MR) is 95.2 cm³/mol. The van der Waals surface area contributed by atoms with Gasteiger partial charge in [0.05, 0.1) is 9.82 Å². The van der Waals surface area contributed by atoms with Gasteiger partial charge in [0.15, 0.2) is 5.82 Å². The van der Waals surface area contributed by atoms with Gasteiger partial charge in [0.25, 0.3) is 15.7 Å². The summed E-state index contributed by atoms with van der Waals surface area (Å²) in [5, 5.41) is 17.8. The van der Waals surface area contributed by atoms with E-state index in [1.165, 1.54) is 12.1 Å². The molecule has 1 aromatic heterocycles. The summed E-state index contributed by atoms with van der Waals surface area (Å²) in [4.78, 5) is 14.4. The number of aryl methyl sites for hydroxylation is 2. The number of anilines is 1. The summed E-state index contributed by atoms with van der Waals surface area (Å²) < 4.78 is 27.6. The molecule has 0 atom stereocenters. The molecule has 0 aliphatic heterocycles. The molecule has 0 fully saturated rings. The highest BCUT2D eigenvalue weighted by Crippen LogP contribution is 2.25. The molecule has 2 N–H and O–H groups in total. The van der Waals surface area contributed by atoms with E-state index in [0.29, 0.717) is 28.5 Å². The zero-order valence-electron chi connectivity index (χ0n) is 13.9. The molecule has 134 valence electrons. The van der Waals surface area contributed by atoms with Gasteiger partial charge in [-0.1, -0.05) is 18.2 Å². The third-order valence-electron chi connectivity index (χ3n) is 3.66. The molecule has 0 aliphatic rings. The molecule has 26 heavy (non-hydrogen) atoms. The highest BCUT2D eigenvalue weighted by molar-refractivity contribution is 7.92. The zero-order chi connectivity index (χ0) is 18.9. The van der Waals surface area contributed by atoms with Crippen LogP contribution in [0.3, 0.4) is 0 Å². The first-order chi connectivity index (χ1) is 12.3. The Bertz CT molecular complexity index is 1090. The van der Waals surface area contributed by atoms with Crippen molar-refractivity contribution in [3.63, 3.8) is 0 Å². The zero-order valence-corrected chi connectivity index (χ0v) is 14.7. The summed E-state index contributed by atoms with van der Waals surface area (Å²) in [6, 6.07) is 10.3. The van der Waals surface area contributed by atoms with Gasteiger partial charge in [-0.05, 0) is 32.0 Å². The lowest BCUT2D eigenvalue weighted by molar-refractivity contribution is -0.385. The van der Waals surface area contributed by atoms with Gasteiger partial charge in [0.1, 0.15) is 5.82 Å². The van der Waals surface area contributed by atoms with Crippen molar-refractivity contribution in [3.8, 4) is 11.4 Å². The fraction of sp³-hybridized carbons (Fsp3) is 0.125. The van der Waals surface area contributed by atoms with E-state index in [-0.39, 0.29) is 10.6 Å². The van der Waals surface area contributed by atoms with E-state index >= 15 is 0 Å². The molecule has 0 saturated carbocycles. The molecule has 0 amide bonds. The number of sulfonamides is 1. The molecule has 0 spiro atoms. The average Bonchev–Trinajstić information content (AvgIpc) is 3.01. The second-order valence-electron chi connectivity index (χ2n) is 5.64. The molecule has 0 unspecified atom stereocenters. The topological polar surface area (TPSA) is 131 Å². The van der Waals surface area contributed by atoms with Crippen molar-refractivity contribution in [1.82, 2.24) is 15.2 Å². The molecule has 0 radical (unpaired) electrons. The number of nitro benzene ring substituents is 1. The normalized spacial score (nSPS) is 11.3. The van der Waals surface area contributed by atoms with Crippen molar-refractivity contribution in [2.24, 2.45) is 0 Å². The lowest BCUT2D eigenvalue weighted by Crippen LogP contribution is -2.13. The second kappa shape index (κ2) is 6.56. The third-order valence-corrected chi connectivity index (χ3v) is 5.04. The molecule has 10 heteroatoms. The molecule has 0 aliphatic carbocycles. The molecule has 3 rings (SSSR count). The minimum Gasteiger partial charge on any atom is -0.280 e. The second-order valence-corrected chi connectivity index (χ2v) is 7.32. The van der Waals surface area contributed by atoms with Crippen molar-refractivity contribution in [2.75, 3.05) is 4.72 Å². The molecular weight excluding hydrogens is 358 g/mol. The summed E-state index contributed by atoms with van der Waals surface area (Å²) in [6.07, 6.45) is 0. The molecule has 3 aromatic rings. The van der Waals surface area contributed by atoms with E-state index in [0.717, 1.165) is 6.07 Å². The molecule has 9 nitrogen and oxygen atoms in total. The Morgan fingerprint density at radius 1 is 1.15 bits per heavy atom. The van der Waals surface area contributed by atoms with E-state index in [4.69, 9.17) is 0 Å². The number of H-pyrrole nitrogens is 1. The van der Waals surface area contributed by atoms with Gasteiger partial charge < -0.3 is 0 Å². The van der Waals surface area contributed by atoms with Crippen LogP contribution in [-0.2, 0) is 10.0 Å². The third kappa shape index (κ3) is 3.54. The van der Waals surface area contributed by atoms with Crippen LogP contribution in [0.4, 0.5) is 11.4 Å². The average molecular weight is 373 g/mol. The van der Waals surface area contributed by atoms with Crippen LogP contribution in [0.15, 0.2) is 47.4 Å². The van der Waals surface area contributed by atoms with E-state index in [1.807, 2.05) is 0 Å². The van der Waals surface area contributed by atoms with Crippen LogP contribution in [0.1, 0.15) is 11.4 Å². The fourth-order valence-electron chi connectivity index (χ4n) is 2.36. The first-order valence-electron chi connectivity index (χ1n) is 7.53. The number of nitrogens with zero attached hydrogens (tertiary/aromatic N) is 3. The van der Waals surface area contributed by atoms with Crippen molar-refractivity contribution >= 4 is 21.4 Å². The number of nitrogens with one attached hydrogen (secondary N) is 2. The summed E-state index contributed by atoms with van der Waals surface area (Å²) in [7, 11) is -3.98. The Morgan fingerprint density at radius 2 is 1.92 bits per heavy atom. The largest absolute Gasteiger partial charge is 0.280 e. The van der Waals surface area contributed by atoms with Gasteiger partial charge in [-0.2, -0.15) is 5.10 Å². The van der Waals surface area contributed by atoms with Crippen molar-refractivity contribution in [2.45, 2.75) is 18.7 Å². The standard InChI is InChI=1S/C16H15N5O4S/c1-10-6-7-14(9-15(10)21(22)23)26(24,25)20-13-5-3-4-12(8-13)16-17-11(2)18-19-16/h3-9,20H,1-2H3,(H,17,18,19). The minimum atomic E-state index is -3.98. The van der Waals surface area contributed by atoms with Gasteiger partial charge in [0.2, 0.25) is 0 Å². The number of aromatic nitrogens is 3. The van der Waals surface area contributed by atoms with Crippen LogP contribution in [0.5, 0.6) is 0 Å². The molecule has 0 bridgehead atoms. The SMILES string of the molecule is Cc1nc(-c2cccc(NS(=O)(=O)c3ccc(C)c([N+](=O)[O-])c3)c2)n[nH]1. The van der Waals surface area contributed by atoms with Gasteiger partial charge in [-0.3, -0.25) is 19.9 Å². The number of benzene rings is 2. The van der Waals surface area contributed by atoms with Crippen molar-refractivity contribution in [3.05, 3.63) is 64.0 Å². The van der Waals surface area contributed by atoms with Gasteiger partial charge in [-0.25, -0.2) is 13.4 Å². The Hall–Kier alpha value is -3.27. The maximum absolute atomic E-state index is 12.6. The Morgan fingerprint density at radius 3 is 2.58 bits per heavy atom. The van der Waals surface area contributed by atoms with Crippen LogP contribution < -0.4 is 4.72 Å². The van der Waals surface area contributed by atoms with Gasteiger partial charge in [0, 0.05) is 22.9 Å². The van der Waals surface area contributed by atoms with E-state index in [1.54, 1.807) is 38.1 Å². The van der Waals surface area contributed by atoms with E-state index < -0.39 is 14.9 Å². The quantitative estimate of drug-likeness (QED) is 0.522.